The van der Waals surface area contributed by atoms with E-state index in [0.717, 1.165) is 5.52 Å². The molecule has 0 saturated heterocycles. The molecular formula is C22H19Cl2N5O3. The quantitative estimate of drug-likeness (QED) is 0.397. The Kier molecular flexibility index (Phi) is 6.07. The first-order chi connectivity index (χ1) is 15.4. The molecule has 0 atom stereocenters. The van der Waals surface area contributed by atoms with E-state index < -0.39 is 0 Å². The van der Waals surface area contributed by atoms with E-state index >= 15 is 0 Å². The number of halogens is 2. The number of aryl methyl sites for hydroxylation is 1. The lowest BCUT2D eigenvalue weighted by Crippen LogP contribution is -2.14. The number of ether oxygens (including phenoxy) is 2. The summed E-state index contributed by atoms with van der Waals surface area (Å²) in [5.74, 6) is 1.25. The maximum Gasteiger partial charge on any atom is 0.260 e. The standard InChI is InChI=1S/C22H19Cl2N5O3/c1-29-16-11-17(31-2)12(21(30)27-18-8-5-9-19(26-18)32-3)10-15(16)25-22(29)28-20-13(23)6-4-7-14(20)24/h4-11H,1-3H3,(H,25,28)(H,26,27,30). The number of hydrogen-bond donors (Lipinski definition) is 2. The van der Waals surface area contributed by atoms with Crippen molar-refractivity contribution in [2.75, 3.05) is 24.9 Å². The van der Waals surface area contributed by atoms with Crippen LogP contribution in [-0.4, -0.2) is 34.7 Å². The van der Waals surface area contributed by atoms with Gasteiger partial charge in [0.05, 0.1) is 46.5 Å². The number of amides is 1. The van der Waals surface area contributed by atoms with E-state index in [1.165, 1.54) is 14.2 Å². The Hall–Kier alpha value is -3.49. The maximum absolute atomic E-state index is 13.0. The van der Waals surface area contributed by atoms with Crippen molar-refractivity contribution in [1.29, 1.82) is 0 Å². The van der Waals surface area contributed by atoms with Crippen molar-refractivity contribution in [1.82, 2.24) is 14.5 Å². The first-order valence-corrected chi connectivity index (χ1v) is 10.2. The van der Waals surface area contributed by atoms with Crippen LogP contribution in [0.2, 0.25) is 10.0 Å². The summed E-state index contributed by atoms with van der Waals surface area (Å²) in [4.78, 5) is 21.8. The number of benzene rings is 2. The second-order valence-electron chi connectivity index (χ2n) is 6.78. The molecule has 0 unspecified atom stereocenters. The van der Waals surface area contributed by atoms with Crippen LogP contribution in [0.3, 0.4) is 0 Å². The number of anilines is 3. The lowest BCUT2D eigenvalue weighted by Gasteiger charge is -2.11. The van der Waals surface area contributed by atoms with Gasteiger partial charge in [-0.2, -0.15) is 4.98 Å². The van der Waals surface area contributed by atoms with E-state index in [9.17, 15) is 4.79 Å². The average molecular weight is 472 g/mol. The van der Waals surface area contributed by atoms with Crippen LogP contribution in [-0.2, 0) is 7.05 Å². The monoisotopic (exact) mass is 471 g/mol. The van der Waals surface area contributed by atoms with Crippen LogP contribution in [0.15, 0.2) is 48.5 Å². The number of hydrogen-bond acceptors (Lipinski definition) is 6. The lowest BCUT2D eigenvalue weighted by molar-refractivity contribution is 0.102. The van der Waals surface area contributed by atoms with Gasteiger partial charge in [0.25, 0.3) is 5.91 Å². The molecule has 4 rings (SSSR count). The van der Waals surface area contributed by atoms with E-state index in [1.807, 2.05) is 11.6 Å². The van der Waals surface area contributed by atoms with Crippen molar-refractivity contribution in [3.8, 4) is 11.6 Å². The van der Waals surface area contributed by atoms with Crippen molar-refractivity contribution in [2.24, 2.45) is 7.05 Å². The SMILES string of the molecule is COc1cccc(NC(=O)c2cc3nc(Nc4c(Cl)cccc4Cl)n(C)c3cc2OC)n1. The van der Waals surface area contributed by atoms with Crippen molar-refractivity contribution in [2.45, 2.75) is 0 Å². The molecule has 2 N–H and O–H groups in total. The van der Waals surface area contributed by atoms with Crippen molar-refractivity contribution in [3.63, 3.8) is 0 Å². The second kappa shape index (κ2) is 8.94. The largest absolute Gasteiger partial charge is 0.496 e. The smallest absolute Gasteiger partial charge is 0.260 e. The maximum atomic E-state index is 13.0. The lowest BCUT2D eigenvalue weighted by atomic mass is 10.1. The van der Waals surface area contributed by atoms with Crippen LogP contribution in [0.1, 0.15) is 10.4 Å². The normalized spacial score (nSPS) is 10.8. The third-order valence-electron chi connectivity index (χ3n) is 4.82. The summed E-state index contributed by atoms with van der Waals surface area (Å²) in [7, 11) is 4.84. The highest BCUT2D eigenvalue weighted by molar-refractivity contribution is 6.39. The van der Waals surface area contributed by atoms with E-state index in [1.54, 1.807) is 48.5 Å². The molecule has 8 nitrogen and oxygen atoms in total. The highest BCUT2D eigenvalue weighted by atomic mass is 35.5. The molecule has 0 aliphatic carbocycles. The molecule has 2 aromatic carbocycles. The molecule has 0 aliphatic rings. The van der Waals surface area contributed by atoms with E-state index in [0.29, 0.717) is 50.2 Å². The predicted molar refractivity (Wildman–Crippen MR) is 126 cm³/mol. The third-order valence-corrected chi connectivity index (χ3v) is 5.45. The fourth-order valence-electron chi connectivity index (χ4n) is 3.19. The molecule has 1 amide bonds. The molecule has 0 spiro atoms. The Morgan fingerprint density at radius 3 is 2.41 bits per heavy atom. The van der Waals surface area contributed by atoms with Gasteiger partial charge in [-0.05, 0) is 24.3 Å². The molecule has 4 aromatic rings. The van der Waals surface area contributed by atoms with Gasteiger partial charge >= 0.3 is 0 Å². The van der Waals surface area contributed by atoms with Gasteiger partial charge in [0, 0.05) is 19.2 Å². The van der Waals surface area contributed by atoms with Crippen LogP contribution >= 0.6 is 23.2 Å². The molecular weight excluding hydrogens is 453 g/mol. The molecule has 0 fully saturated rings. The molecule has 2 heterocycles. The van der Waals surface area contributed by atoms with Crippen LogP contribution in [0.5, 0.6) is 11.6 Å². The number of methoxy groups -OCH3 is 2. The van der Waals surface area contributed by atoms with Gasteiger partial charge in [0.15, 0.2) is 0 Å². The van der Waals surface area contributed by atoms with Gasteiger partial charge < -0.3 is 24.7 Å². The summed E-state index contributed by atoms with van der Waals surface area (Å²) in [6, 6.07) is 13.7. The number of aromatic nitrogens is 3. The number of imidazole rings is 1. The van der Waals surface area contributed by atoms with Crippen molar-refractivity contribution < 1.29 is 14.3 Å². The molecule has 164 valence electrons. The van der Waals surface area contributed by atoms with Gasteiger partial charge in [0.2, 0.25) is 11.8 Å². The Labute approximate surface area is 194 Å². The van der Waals surface area contributed by atoms with Crippen molar-refractivity contribution >= 4 is 57.6 Å². The van der Waals surface area contributed by atoms with E-state index in [4.69, 9.17) is 32.7 Å². The summed E-state index contributed by atoms with van der Waals surface area (Å²) < 4.78 is 12.4. The number of nitrogens with one attached hydrogen (secondary N) is 2. The van der Waals surface area contributed by atoms with E-state index in [2.05, 4.69) is 20.6 Å². The highest BCUT2D eigenvalue weighted by Crippen LogP contribution is 2.34. The molecule has 32 heavy (non-hydrogen) atoms. The third kappa shape index (κ3) is 4.15. The van der Waals surface area contributed by atoms with E-state index in [-0.39, 0.29) is 5.91 Å². The zero-order valence-corrected chi connectivity index (χ0v) is 19.0. The number of nitrogens with zero attached hydrogens (tertiary/aromatic N) is 3. The average Bonchev–Trinajstić information content (AvgIpc) is 3.10. The molecule has 0 aliphatic heterocycles. The van der Waals surface area contributed by atoms with Gasteiger partial charge in [-0.3, -0.25) is 4.79 Å². The molecule has 0 radical (unpaired) electrons. The number of rotatable bonds is 6. The molecule has 0 saturated carbocycles. The first kappa shape index (κ1) is 21.7. The van der Waals surface area contributed by atoms with Gasteiger partial charge in [-0.1, -0.05) is 35.3 Å². The minimum atomic E-state index is -0.390. The Morgan fingerprint density at radius 2 is 1.72 bits per heavy atom. The van der Waals surface area contributed by atoms with Gasteiger partial charge in [-0.25, -0.2) is 4.98 Å². The molecule has 10 heteroatoms. The summed E-state index contributed by atoms with van der Waals surface area (Å²) in [6.45, 7) is 0. The van der Waals surface area contributed by atoms with Gasteiger partial charge in [0.1, 0.15) is 11.6 Å². The summed E-state index contributed by atoms with van der Waals surface area (Å²) >= 11 is 12.5. The summed E-state index contributed by atoms with van der Waals surface area (Å²) in [5.41, 5.74) is 2.19. The van der Waals surface area contributed by atoms with Crippen LogP contribution in [0.4, 0.5) is 17.5 Å². The van der Waals surface area contributed by atoms with Crippen LogP contribution in [0.25, 0.3) is 11.0 Å². The number of pyridine rings is 1. The molecule has 2 aromatic heterocycles. The zero-order valence-electron chi connectivity index (χ0n) is 17.4. The fraction of sp³-hybridized carbons (Fsp3) is 0.136. The Morgan fingerprint density at radius 1 is 1.00 bits per heavy atom. The molecule has 0 bridgehead atoms. The highest BCUT2D eigenvalue weighted by Gasteiger charge is 2.19. The summed E-state index contributed by atoms with van der Waals surface area (Å²) in [5, 5.41) is 6.84. The first-order valence-electron chi connectivity index (χ1n) is 9.49. The predicted octanol–water partition coefficient (Wildman–Crippen LogP) is 5.29. The Bertz CT molecular complexity index is 1300. The van der Waals surface area contributed by atoms with Crippen molar-refractivity contribution in [3.05, 3.63) is 64.1 Å². The Balaban J connectivity index is 1.71. The minimum Gasteiger partial charge on any atom is -0.496 e. The van der Waals surface area contributed by atoms with Gasteiger partial charge in [-0.15, -0.1) is 0 Å². The number of carbonyl (C=O) groups is 1. The number of para-hydroxylation sites is 1. The minimum absolute atomic E-state index is 0.310. The summed E-state index contributed by atoms with van der Waals surface area (Å²) in [6.07, 6.45) is 0. The number of carbonyl (C=O) groups excluding carboxylic acids is 1. The number of fused-ring (bicyclic) bond motifs is 1. The fourth-order valence-corrected chi connectivity index (χ4v) is 3.68. The zero-order chi connectivity index (χ0) is 22.8. The van der Waals surface area contributed by atoms with Crippen LogP contribution < -0.4 is 20.1 Å². The second-order valence-corrected chi connectivity index (χ2v) is 7.59. The van der Waals surface area contributed by atoms with Crippen LogP contribution in [0, 0.1) is 0 Å². The topological polar surface area (TPSA) is 90.3 Å².